The van der Waals surface area contributed by atoms with Gasteiger partial charge in [0.05, 0.1) is 11.5 Å². The smallest absolute Gasteiger partial charge is 0.338 e. The Morgan fingerprint density at radius 1 is 0.658 bits per heavy atom. The maximum Gasteiger partial charge on any atom is 0.338 e. The molecule has 3 fully saturated rings. The molecule has 1 aromatic rings. The van der Waals surface area contributed by atoms with E-state index in [1.165, 1.54) is 5.56 Å². The van der Waals surface area contributed by atoms with E-state index in [1.807, 2.05) is 12.1 Å². The average molecular weight is 527 g/mol. The van der Waals surface area contributed by atoms with Gasteiger partial charge in [-0.25, -0.2) is 4.79 Å². The Morgan fingerprint density at radius 2 is 1.08 bits per heavy atom. The first-order valence-electron chi connectivity index (χ1n) is 14.6. The number of nitrogens with one attached hydrogen (secondary N) is 2. The molecule has 2 saturated heterocycles. The first-order valence-corrected chi connectivity index (χ1v) is 14.6. The van der Waals surface area contributed by atoms with Gasteiger partial charge in [0, 0.05) is 47.8 Å². The van der Waals surface area contributed by atoms with Gasteiger partial charge in [-0.15, -0.1) is 0 Å². The van der Waals surface area contributed by atoms with E-state index in [9.17, 15) is 9.59 Å². The summed E-state index contributed by atoms with van der Waals surface area (Å²) in [7, 11) is 0. The first-order chi connectivity index (χ1) is 17.5. The van der Waals surface area contributed by atoms with Gasteiger partial charge in [0.2, 0.25) is 0 Å². The maximum absolute atomic E-state index is 13.0. The number of benzene rings is 1. The molecule has 0 radical (unpaired) electrons. The van der Waals surface area contributed by atoms with Crippen molar-refractivity contribution in [3.8, 4) is 0 Å². The Kier molecular flexibility index (Phi) is 8.09. The number of rotatable bonds is 5. The molecule has 0 aromatic heterocycles. The van der Waals surface area contributed by atoms with Crippen molar-refractivity contribution in [1.82, 2.24) is 10.6 Å². The van der Waals surface area contributed by atoms with Gasteiger partial charge >= 0.3 is 11.9 Å². The summed E-state index contributed by atoms with van der Waals surface area (Å²) in [6.07, 6.45) is 6.82. The summed E-state index contributed by atoms with van der Waals surface area (Å²) in [4.78, 5) is 25.9. The van der Waals surface area contributed by atoms with Crippen LogP contribution in [0.1, 0.15) is 129 Å². The molecule has 0 spiro atoms. The molecule has 212 valence electrons. The number of esters is 2. The van der Waals surface area contributed by atoms with Gasteiger partial charge < -0.3 is 20.1 Å². The van der Waals surface area contributed by atoms with Crippen LogP contribution in [0.5, 0.6) is 0 Å². The molecule has 0 bridgehead atoms. The number of piperidine rings is 2. The zero-order chi connectivity index (χ0) is 27.9. The summed E-state index contributed by atoms with van der Waals surface area (Å²) >= 11 is 0. The molecule has 0 unspecified atom stereocenters. The minimum Gasteiger partial charge on any atom is -0.462 e. The highest BCUT2D eigenvalue weighted by Gasteiger charge is 2.41. The van der Waals surface area contributed by atoms with Gasteiger partial charge in [0.15, 0.2) is 0 Å². The summed E-state index contributed by atoms with van der Waals surface area (Å²) in [6, 6.07) is 7.93. The molecule has 2 aliphatic heterocycles. The molecule has 6 heteroatoms. The van der Waals surface area contributed by atoms with E-state index < -0.39 is 0 Å². The predicted molar refractivity (Wildman–Crippen MR) is 151 cm³/mol. The Hall–Kier alpha value is -1.92. The summed E-state index contributed by atoms with van der Waals surface area (Å²) in [5, 5.41) is 7.29. The van der Waals surface area contributed by atoms with Gasteiger partial charge in [-0.2, -0.15) is 0 Å². The lowest BCUT2D eigenvalue weighted by Gasteiger charge is -2.46. The highest BCUT2D eigenvalue weighted by atomic mass is 16.5. The molecule has 1 aliphatic carbocycles. The Bertz CT molecular complexity index is 971. The van der Waals surface area contributed by atoms with Crippen molar-refractivity contribution in [2.75, 3.05) is 0 Å². The minimum atomic E-state index is -0.245. The third-order valence-electron chi connectivity index (χ3n) is 8.54. The second kappa shape index (κ2) is 10.6. The van der Waals surface area contributed by atoms with E-state index in [0.717, 1.165) is 51.4 Å². The van der Waals surface area contributed by atoms with Gasteiger partial charge in [-0.1, -0.05) is 12.1 Å². The maximum atomic E-state index is 13.0. The van der Waals surface area contributed by atoms with Crippen molar-refractivity contribution in [2.45, 2.75) is 147 Å². The van der Waals surface area contributed by atoms with Crippen LogP contribution in [0.2, 0.25) is 0 Å². The van der Waals surface area contributed by atoms with Crippen LogP contribution in [0.25, 0.3) is 0 Å². The fraction of sp³-hybridized carbons (Fsp3) is 0.750. The molecule has 1 saturated carbocycles. The molecule has 3 aliphatic rings. The summed E-state index contributed by atoms with van der Waals surface area (Å²) < 4.78 is 12.0. The molecular weight excluding hydrogens is 476 g/mol. The largest absolute Gasteiger partial charge is 0.462 e. The minimum absolute atomic E-state index is 0.0138. The lowest BCUT2D eigenvalue weighted by atomic mass is 9.78. The summed E-state index contributed by atoms with van der Waals surface area (Å²) in [5.74, 6) is 0.127. The number of ether oxygens (including phenoxy) is 2. The van der Waals surface area contributed by atoms with Crippen molar-refractivity contribution < 1.29 is 19.1 Å². The van der Waals surface area contributed by atoms with Gasteiger partial charge in [0.1, 0.15) is 12.2 Å². The lowest BCUT2D eigenvalue weighted by Crippen LogP contribution is -2.59. The molecule has 4 rings (SSSR count). The van der Waals surface area contributed by atoms with Crippen LogP contribution < -0.4 is 10.6 Å². The fourth-order valence-electron chi connectivity index (χ4n) is 7.66. The van der Waals surface area contributed by atoms with Crippen molar-refractivity contribution in [3.63, 3.8) is 0 Å². The summed E-state index contributed by atoms with van der Waals surface area (Å²) in [6.45, 7) is 17.4. The van der Waals surface area contributed by atoms with E-state index in [2.05, 4.69) is 78.2 Å². The molecular formula is C32H50N2O4. The van der Waals surface area contributed by atoms with E-state index >= 15 is 0 Å². The van der Waals surface area contributed by atoms with Crippen molar-refractivity contribution in [3.05, 3.63) is 35.4 Å². The molecule has 0 atom stereocenters. The second-order valence-electron chi connectivity index (χ2n) is 14.9. The van der Waals surface area contributed by atoms with E-state index in [-0.39, 0.29) is 52.2 Å². The lowest BCUT2D eigenvalue weighted by molar-refractivity contribution is -0.159. The molecule has 0 amide bonds. The quantitative estimate of drug-likeness (QED) is 0.440. The molecule has 38 heavy (non-hydrogen) atoms. The third kappa shape index (κ3) is 7.59. The van der Waals surface area contributed by atoms with Crippen LogP contribution in [0.15, 0.2) is 24.3 Å². The second-order valence-corrected chi connectivity index (χ2v) is 14.9. The highest BCUT2D eigenvalue weighted by molar-refractivity contribution is 5.89. The average Bonchev–Trinajstić information content (AvgIpc) is 2.75. The molecule has 1 aromatic carbocycles. The number of hydrogen-bond acceptors (Lipinski definition) is 6. The Balaban J connectivity index is 1.27. The number of carbonyl (C=O) groups is 2. The Labute approximate surface area is 230 Å². The topological polar surface area (TPSA) is 76.7 Å². The van der Waals surface area contributed by atoms with Crippen molar-refractivity contribution in [2.24, 2.45) is 5.92 Å². The zero-order valence-electron chi connectivity index (χ0n) is 24.9. The van der Waals surface area contributed by atoms with Crippen LogP contribution in [-0.2, 0) is 14.3 Å². The van der Waals surface area contributed by atoms with Crippen LogP contribution in [0.4, 0.5) is 0 Å². The van der Waals surface area contributed by atoms with Crippen LogP contribution in [-0.4, -0.2) is 46.3 Å². The summed E-state index contributed by atoms with van der Waals surface area (Å²) in [5.41, 5.74) is 1.63. The monoisotopic (exact) mass is 526 g/mol. The van der Waals surface area contributed by atoms with Gasteiger partial charge in [-0.3, -0.25) is 4.79 Å². The molecule has 2 N–H and O–H groups in total. The number of hydrogen-bond donors (Lipinski definition) is 2. The van der Waals surface area contributed by atoms with Crippen LogP contribution >= 0.6 is 0 Å². The van der Waals surface area contributed by atoms with Crippen molar-refractivity contribution in [1.29, 1.82) is 0 Å². The molecule has 6 nitrogen and oxygen atoms in total. The zero-order valence-corrected chi connectivity index (χ0v) is 24.9. The Morgan fingerprint density at radius 3 is 1.53 bits per heavy atom. The van der Waals surface area contributed by atoms with E-state index in [0.29, 0.717) is 11.5 Å². The van der Waals surface area contributed by atoms with Gasteiger partial charge in [-0.05, 0) is 105 Å². The van der Waals surface area contributed by atoms with Crippen molar-refractivity contribution >= 4 is 11.9 Å². The normalized spacial score (nSPS) is 28.8. The number of carbonyl (C=O) groups excluding carboxylic acids is 2. The standard InChI is InChI=1S/C32H50N2O4/c1-29(2)17-25(18-30(3,4)33-29)37-27(35)23-13-9-21(10-14-23)22-11-15-24(16-12-22)28(36)38-26-19-31(5,6)34-32(7,8)20-26/h9-10,13-14,22,24-26,33-34H,11-12,15-20H2,1-8H3. The van der Waals surface area contributed by atoms with E-state index in [1.54, 1.807) is 0 Å². The first kappa shape index (κ1) is 29.1. The SMILES string of the molecule is CC1(C)CC(OC(=O)c2ccc(C3CCC(C(=O)OC4CC(C)(C)NC(C)(C)C4)CC3)cc2)CC(C)(C)N1. The van der Waals surface area contributed by atoms with Crippen LogP contribution in [0.3, 0.4) is 0 Å². The van der Waals surface area contributed by atoms with Gasteiger partial charge in [0.25, 0.3) is 0 Å². The fourth-order valence-corrected chi connectivity index (χ4v) is 7.66. The predicted octanol–water partition coefficient (Wildman–Crippen LogP) is 6.28. The highest BCUT2D eigenvalue weighted by Crippen LogP contribution is 2.38. The van der Waals surface area contributed by atoms with E-state index in [4.69, 9.17) is 9.47 Å². The molecule has 2 heterocycles. The van der Waals surface area contributed by atoms with Crippen LogP contribution in [0, 0.1) is 5.92 Å². The third-order valence-corrected chi connectivity index (χ3v) is 8.54.